The van der Waals surface area contributed by atoms with Crippen LogP contribution in [0.2, 0.25) is 0 Å². The molecule has 0 bridgehead atoms. The topological polar surface area (TPSA) is 15.3 Å². The second-order valence-electron chi connectivity index (χ2n) is 4.57. The Morgan fingerprint density at radius 3 is 2.57 bits per heavy atom. The molecule has 1 rings (SSSR count). The van der Waals surface area contributed by atoms with Gasteiger partial charge < -0.3 is 5.32 Å². The normalized spacial score (nSPS) is 20.7. The maximum atomic E-state index is 5.35. The van der Waals surface area contributed by atoms with E-state index < -0.39 is 0 Å². The molecule has 1 aliphatic rings. The van der Waals surface area contributed by atoms with E-state index in [0.29, 0.717) is 5.41 Å². The van der Waals surface area contributed by atoms with Gasteiger partial charge in [0.1, 0.15) is 0 Å². The molecule has 0 aromatic heterocycles. The van der Waals surface area contributed by atoms with Crippen LogP contribution in [0.15, 0.2) is 0 Å². The molecule has 1 fully saturated rings. The Kier molecular flexibility index (Phi) is 4.44. The van der Waals surface area contributed by atoms with Crippen molar-refractivity contribution in [1.82, 2.24) is 10.2 Å². The van der Waals surface area contributed by atoms with Crippen molar-refractivity contribution in [3.8, 4) is 12.3 Å². The van der Waals surface area contributed by atoms with Gasteiger partial charge in [0, 0.05) is 6.54 Å². The van der Waals surface area contributed by atoms with E-state index in [4.69, 9.17) is 6.42 Å². The Labute approximate surface area is 88.1 Å². The highest BCUT2D eigenvalue weighted by Crippen LogP contribution is 2.28. The fraction of sp³-hybridized carbons (Fsp3) is 0.833. The minimum atomic E-state index is 0.470. The SMILES string of the molecule is C#CCN(CC)CC1(C)CCNCC1. The first-order valence-corrected chi connectivity index (χ1v) is 5.57. The van der Waals surface area contributed by atoms with Gasteiger partial charge in [-0.15, -0.1) is 6.42 Å². The molecule has 1 aliphatic heterocycles. The minimum absolute atomic E-state index is 0.470. The van der Waals surface area contributed by atoms with Crippen LogP contribution >= 0.6 is 0 Å². The fourth-order valence-corrected chi connectivity index (χ4v) is 2.14. The second kappa shape index (κ2) is 5.38. The van der Waals surface area contributed by atoms with Gasteiger partial charge in [-0.3, -0.25) is 4.90 Å². The van der Waals surface area contributed by atoms with Crippen molar-refractivity contribution in [2.75, 3.05) is 32.7 Å². The Balaban J connectivity index is 2.43. The van der Waals surface area contributed by atoms with Gasteiger partial charge >= 0.3 is 0 Å². The molecule has 1 N–H and O–H groups in total. The fourth-order valence-electron chi connectivity index (χ4n) is 2.14. The number of terminal acetylenes is 1. The average Bonchev–Trinajstić information content (AvgIpc) is 2.18. The third-order valence-corrected chi connectivity index (χ3v) is 3.18. The third-order valence-electron chi connectivity index (χ3n) is 3.18. The van der Waals surface area contributed by atoms with Crippen molar-refractivity contribution in [3.05, 3.63) is 0 Å². The van der Waals surface area contributed by atoms with Gasteiger partial charge in [0.25, 0.3) is 0 Å². The summed E-state index contributed by atoms with van der Waals surface area (Å²) < 4.78 is 0. The van der Waals surface area contributed by atoms with Gasteiger partial charge in [0.05, 0.1) is 6.54 Å². The molecule has 80 valence electrons. The van der Waals surface area contributed by atoms with E-state index in [2.05, 4.69) is 30.0 Å². The second-order valence-corrected chi connectivity index (χ2v) is 4.57. The number of piperidine rings is 1. The van der Waals surface area contributed by atoms with Gasteiger partial charge in [0.2, 0.25) is 0 Å². The summed E-state index contributed by atoms with van der Waals surface area (Å²) in [6.07, 6.45) is 7.89. The lowest BCUT2D eigenvalue weighted by molar-refractivity contribution is 0.143. The van der Waals surface area contributed by atoms with Crippen LogP contribution in [-0.2, 0) is 0 Å². The smallest absolute Gasteiger partial charge is 0.0599 e. The summed E-state index contributed by atoms with van der Waals surface area (Å²) in [7, 11) is 0. The lowest BCUT2D eigenvalue weighted by atomic mass is 9.80. The highest BCUT2D eigenvalue weighted by Gasteiger charge is 2.28. The Bertz CT molecular complexity index is 199. The molecule has 0 aromatic rings. The molecule has 0 aliphatic carbocycles. The Morgan fingerprint density at radius 1 is 1.43 bits per heavy atom. The van der Waals surface area contributed by atoms with E-state index in [0.717, 1.165) is 32.7 Å². The number of rotatable bonds is 4. The van der Waals surface area contributed by atoms with Crippen LogP contribution in [0, 0.1) is 17.8 Å². The van der Waals surface area contributed by atoms with E-state index in [1.165, 1.54) is 12.8 Å². The molecule has 2 nitrogen and oxygen atoms in total. The number of hydrogen-bond donors (Lipinski definition) is 1. The van der Waals surface area contributed by atoms with Crippen molar-refractivity contribution in [3.63, 3.8) is 0 Å². The predicted octanol–water partition coefficient (Wildman–Crippen LogP) is 1.33. The maximum Gasteiger partial charge on any atom is 0.0599 e. The van der Waals surface area contributed by atoms with Crippen molar-refractivity contribution in [2.24, 2.45) is 5.41 Å². The van der Waals surface area contributed by atoms with E-state index >= 15 is 0 Å². The van der Waals surface area contributed by atoms with Gasteiger partial charge in [-0.25, -0.2) is 0 Å². The molecule has 0 amide bonds. The van der Waals surface area contributed by atoms with Crippen LogP contribution in [0.25, 0.3) is 0 Å². The largest absolute Gasteiger partial charge is 0.317 e. The van der Waals surface area contributed by atoms with Crippen LogP contribution in [-0.4, -0.2) is 37.6 Å². The van der Waals surface area contributed by atoms with Gasteiger partial charge in [-0.2, -0.15) is 0 Å². The zero-order chi connectivity index (χ0) is 10.4. The van der Waals surface area contributed by atoms with Crippen LogP contribution < -0.4 is 5.32 Å². The summed E-state index contributed by atoms with van der Waals surface area (Å²) in [5, 5.41) is 3.40. The summed E-state index contributed by atoms with van der Waals surface area (Å²) >= 11 is 0. The number of nitrogens with zero attached hydrogens (tertiary/aromatic N) is 1. The molecular formula is C12H22N2. The number of hydrogen-bond acceptors (Lipinski definition) is 2. The van der Waals surface area contributed by atoms with E-state index in [1.807, 2.05) is 0 Å². The van der Waals surface area contributed by atoms with Crippen molar-refractivity contribution in [2.45, 2.75) is 26.7 Å². The monoisotopic (exact) mass is 194 g/mol. The van der Waals surface area contributed by atoms with Crippen LogP contribution in [0.5, 0.6) is 0 Å². The molecule has 0 unspecified atom stereocenters. The minimum Gasteiger partial charge on any atom is -0.317 e. The summed E-state index contributed by atoms with van der Waals surface area (Å²) in [6, 6.07) is 0. The summed E-state index contributed by atoms with van der Waals surface area (Å²) in [4.78, 5) is 2.37. The highest BCUT2D eigenvalue weighted by atomic mass is 15.1. The van der Waals surface area contributed by atoms with Gasteiger partial charge in [-0.05, 0) is 37.9 Å². The highest BCUT2D eigenvalue weighted by molar-refractivity contribution is 4.91. The number of nitrogens with one attached hydrogen (secondary N) is 1. The molecule has 0 spiro atoms. The van der Waals surface area contributed by atoms with Gasteiger partial charge in [0.15, 0.2) is 0 Å². The van der Waals surface area contributed by atoms with E-state index in [1.54, 1.807) is 0 Å². The average molecular weight is 194 g/mol. The molecular weight excluding hydrogens is 172 g/mol. The Morgan fingerprint density at radius 2 is 2.07 bits per heavy atom. The summed E-state index contributed by atoms with van der Waals surface area (Å²) in [5.41, 5.74) is 0.470. The molecule has 2 heteroatoms. The van der Waals surface area contributed by atoms with Gasteiger partial charge in [-0.1, -0.05) is 19.8 Å². The molecule has 1 heterocycles. The standard InChI is InChI=1S/C12H22N2/c1-4-10-14(5-2)11-12(3)6-8-13-9-7-12/h1,13H,5-11H2,2-3H3. The Hall–Kier alpha value is -0.520. The van der Waals surface area contributed by atoms with Crippen LogP contribution in [0.1, 0.15) is 26.7 Å². The first-order chi connectivity index (χ1) is 6.70. The van der Waals surface area contributed by atoms with Crippen molar-refractivity contribution < 1.29 is 0 Å². The predicted molar refractivity (Wildman–Crippen MR) is 61.2 cm³/mol. The molecule has 0 radical (unpaired) electrons. The summed E-state index contributed by atoms with van der Waals surface area (Å²) in [5.74, 6) is 2.74. The van der Waals surface area contributed by atoms with Crippen molar-refractivity contribution >= 4 is 0 Å². The lowest BCUT2D eigenvalue weighted by Gasteiger charge is -2.37. The van der Waals surface area contributed by atoms with Crippen LogP contribution in [0.4, 0.5) is 0 Å². The zero-order valence-corrected chi connectivity index (χ0v) is 9.47. The van der Waals surface area contributed by atoms with E-state index in [-0.39, 0.29) is 0 Å². The summed E-state index contributed by atoms with van der Waals surface area (Å²) in [6.45, 7) is 9.88. The van der Waals surface area contributed by atoms with E-state index in [9.17, 15) is 0 Å². The molecule has 14 heavy (non-hydrogen) atoms. The molecule has 0 saturated carbocycles. The third kappa shape index (κ3) is 3.32. The molecule has 0 atom stereocenters. The maximum absolute atomic E-state index is 5.35. The van der Waals surface area contributed by atoms with Crippen LogP contribution in [0.3, 0.4) is 0 Å². The zero-order valence-electron chi connectivity index (χ0n) is 9.47. The lowest BCUT2D eigenvalue weighted by Crippen LogP contribution is -2.43. The molecule has 1 saturated heterocycles. The quantitative estimate of drug-likeness (QED) is 0.679. The molecule has 0 aromatic carbocycles. The first kappa shape index (κ1) is 11.6. The first-order valence-electron chi connectivity index (χ1n) is 5.57. The van der Waals surface area contributed by atoms with Crippen molar-refractivity contribution in [1.29, 1.82) is 0 Å².